The first kappa shape index (κ1) is 64.4. The van der Waals surface area contributed by atoms with Gasteiger partial charge in [0.1, 0.15) is 12.6 Å². The summed E-state index contributed by atoms with van der Waals surface area (Å²) in [5.41, 5.74) is 5.10. The van der Waals surface area contributed by atoms with Crippen molar-refractivity contribution in [1.29, 1.82) is 0 Å². The van der Waals surface area contributed by atoms with Crippen LogP contribution >= 0.6 is 0 Å². The Bertz CT molecular complexity index is 2330. The average molecular weight is 1140 g/mol. The number of piperidine rings is 1. The molecule has 1 saturated heterocycles. The first-order chi connectivity index (χ1) is 39.8. The number of carbonyl (C=O) groups is 6. The normalized spacial score (nSPS) is 14.8. The highest BCUT2D eigenvalue weighted by Gasteiger charge is 2.45. The fraction of sp³-hybridized carbons (Fsp3) is 0.586. The van der Waals surface area contributed by atoms with E-state index >= 15 is 0 Å². The Balaban J connectivity index is 0.582. The molecule has 3 aromatic rings. The van der Waals surface area contributed by atoms with Crippen LogP contribution in [0.15, 0.2) is 66.7 Å². The van der Waals surface area contributed by atoms with Crippen LogP contribution in [0.5, 0.6) is 0 Å². The van der Waals surface area contributed by atoms with Crippen LogP contribution in [0.3, 0.4) is 0 Å². The Morgan fingerprint density at radius 3 is 1.38 bits per heavy atom. The highest BCUT2D eigenvalue weighted by atomic mass is 16.6. The molecule has 1 aliphatic carbocycles. The van der Waals surface area contributed by atoms with Gasteiger partial charge < -0.3 is 72.2 Å². The summed E-state index contributed by atoms with van der Waals surface area (Å²) in [5.74, 6) is -2.72. The molecule has 0 aromatic heterocycles. The number of unbranched alkanes of at least 4 members (excludes halogenated alkanes) is 2. The number of amides is 6. The largest absolute Gasteiger partial charge is 0.449 e. The molecule has 23 heteroatoms. The van der Waals surface area contributed by atoms with Gasteiger partial charge >= 0.3 is 6.09 Å². The number of rotatable bonds is 46. The van der Waals surface area contributed by atoms with Crippen LogP contribution < -0.4 is 16.0 Å². The molecule has 3 aliphatic rings. The number of fused-ring (bicyclic) bond motifs is 4. The maximum atomic E-state index is 13.2. The summed E-state index contributed by atoms with van der Waals surface area (Å²) in [5, 5.41) is 7.65. The fourth-order valence-electron chi connectivity index (χ4n) is 8.89. The van der Waals surface area contributed by atoms with E-state index in [4.69, 9.17) is 61.6 Å². The van der Waals surface area contributed by atoms with Crippen molar-refractivity contribution in [1.82, 2.24) is 15.5 Å². The molecule has 23 nitrogen and oxygen atoms in total. The monoisotopic (exact) mass is 1140 g/mol. The number of anilines is 1. The predicted molar refractivity (Wildman–Crippen MR) is 293 cm³/mol. The Labute approximate surface area is 473 Å². The molecule has 81 heavy (non-hydrogen) atoms. The van der Waals surface area contributed by atoms with Gasteiger partial charge in [0.25, 0.3) is 11.8 Å². The van der Waals surface area contributed by atoms with Crippen LogP contribution in [-0.2, 0) is 76.0 Å². The number of imide groups is 2. The van der Waals surface area contributed by atoms with Gasteiger partial charge in [0.15, 0.2) is 0 Å². The maximum absolute atomic E-state index is 13.2. The number of hydrogen-bond donors (Lipinski definition) is 3. The molecule has 1 atom stereocenters. The van der Waals surface area contributed by atoms with Crippen LogP contribution in [0.4, 0.5) is 10.5 Å². The van der Waals surface area contributed by atoms with E-state index in [1.807, 2.05) is 24.3 Å². The minimum Gasteiger partial charge on any atom is -0.449 e. The molecule has 1 unspecified atom stereocenters. The predicted octanol–water partition coefficient (Wildman–Crippen LogP) is 4.32. The molecule has 3 aromatic carbocycles. The molecule has 2 heterocycles. The Morgan fingerprint density at radius 1 is 0.481 bits per heavy atom. The highest BCUT2D eigenvalue weighted by Crippen LogP contribution is 2.44. The second-order valence-electron chi connectivity index (χ2n) is 18.6. The number of nitrogens with one attached hydrogen (secondary N) is 3. The lowest BCUT2D eigenvalue weighted by Gasteiger charge is -2.27. The van der Waals surface area contributed by atoms with Crippen LogP contribution in [0, 0.1) is 0 Å². The summed E-state index contributed by atoms with van der Waals surface area (Å²) < 4.78 is 72.0. The molecule has 0 radical (unpaired) electrons. The summed E-state index contributed by atoms with van der Waals surface area (Å²) in [4.78, 5) is 76.0. The van der Waals surface area contributed by atoms with E-state index in [2.05, 4.69) is 40.2 Å². The third kappa shape index (κ3) is 23.2. The number of ether oxygens (including phenoxy) is 13. The first-order valence-corrected chi connectivity index (χ1v) is 28.0. The van der Waals surface area contributed by atoms with Crippen LogP contribution in [0.1, 0.15) is 76.3 Å². The zero-order chi connectivity index (χ0) is 57.0. The van der Waals surface area contributed by atoms with Gasteiger partial charge in [-0.25, -0.2) is 4.79 Å². The number of hydrogen-bond acceptors (Lipinski definition) is 19. The molecule has 0 spiro atoms. The molecular formula is C58H80N4O19. The standard InChI is InChI=1S/C58H80N4O19/c63-52(60-50-14-8-13-48-54(50)57(67)62(56(48)66)51-16-17-53(64)61-55(51)65)15-2-1-7-19-69-21-23-71-25-27-73-29-31-75-33-35-77-37-39-79-41-42-80-40-38-78-36-34-76-32-30-74-28-26-72-24-22-70-20-18-59-58(68)81-43-49-46-11-5-3-9-44(46)45-10-4-6-12-47(45)49/h3-6,8-14,49,51H,1-2,7,15-43H2,(H,59,68)(H,60,63)(H,61,64,65). The molecule has 0 saturated carbocycles. The van der Waals surface area contributed by atoms with Gasteiger partial charge in [-0.05, 0) is 53.6 Å². The van der Waals surface area contributed by atoms with Gasteiger partial charge in [-0.3, -0.25) is 34.2 Å². The maximum Gasteiger partial charge on any atom is 0.407 e. The molecule has 6 amide bonds. The van der Waals surface area contributed by atoms with Crippen molar-refractivity contribution in [2.75, 3.05) is 177 Å². The molecule has 0 bridgehead atoms. The van der Waals surface area contributed by atoms with Crippen LogP contribution in [0.25, 0.3) is 11.1 Å². The van der Waals surface area contributed by atoms with Crippen molar-refractivity contribution in [3.05, 3.63) is 89.0 Å². The van der Waals surface area contributed by atoms with Crippen molar-refractivity contribution in [2.24, 2.45) is 0 Å². The molecule has 3 N–H and O–H groups in total. The Hall–Kier alpha value is -5.80. The molecule has 1 fully saturated rings. The number of benzene rings is 3. The van der Waals surface area contributed by atoms with Crippen LogP contribution in [-0.4, -0.2) is 218 Å². The quantitative estimate of drug-likeness (QED) is 0.0525. The molecule has 6 rings (SSSR count). The van der Waals surface area contributed by atoms with E-state index in [0.717, 1.165) is 17.7 Å². The Morgan fingerprint density at radius 2 is 0.914 bits per heavy atom. The number of alkyl carbamates (subject to hydrolysis) is 1. The minimum absolute atomic E-state index is 0.0227. The van der Waals surface area contributed by atoms with E-state index < -0.39 is 35.8 Å². The first-order valence-electron chi connectivity index (χ1n) is 28.0. The van der Waals surface area contributed by atoms with Crippen molar-refractivity contribution in [2.45, 2.75) is 50.5 Å². The van der Waals surface area contributed by atoms with Crippen molar-refractivity contribution < 1.29 is 90.3 Å². The zero-order valence-electron chi connectivity index (χ0n) is 46.3. The lowest BCUT2D eigenvalue weighted by Crippen LogP contribution is -2.54. The van der Waals surface area contributed by atoms with E-state index in [1.54, 1.807) is 12.1 Å². The summed E-state index contributed by atoms with van der Waals surface area (Å²) in [6.45, 7) is 11.4. The van der Waals surface area contributed by atoms with Gasteiger partial charge in [0.2, 0.25) is 17.7 Å². The fourth-order valence-corrected chi connectivity index (χ4v) is 8.89. The van der Waals surface area contributed by atoms with Gasteiger partial charge in [0.05, 0.1) is 169 Å². The van der Waals surface area contributed by atoms with Crippen molar-refractivity contribution in [3.63, 3.8) is 0 Å². The van der Waals surface area contributed by atoms with E-state index in [9.17, 15) is 28.8 Å². The molecule has 446 valence electrons. The van der Waals surface area contributed by atoms with Gasteiger partial charge in [0, 0.05) is 31.9 Å². The van der Waals surface area contributed by atoms with E-state index in [-0.39, 0.29) is 54.5 Å². The van der Waals surface area contributed by atoms with E-state index in [1.165, 1.54) is 28.3 Å². The lowest BCUT2D eigenvalue weighted by molar-refractivity contribution is -0.136. The summed E-state index contributed by atoms with van der Waals surface area (Å²) in [6, 6.07) is 20.0. The van der Waals surface area contributed by atoms with Gasteiger partial charge in [-0.1, -0.05) is 61.0 Å². The topological polar surface area (TPSA) is 262 Å². The van der Waals surface area contributed by atoms with E-state index in [0.29, 0.717) is 172 Å². The van der Waals surface area contributed by atoms with Gasteiger partial charge in [-0.2, -0.15) is 0 Å². The summed E-state index contributed by atoms with van der Waals surface area (Å²) in [6.07, 6.45) is 1.94. The minimum atomic E-state index is -1.08. The third-order valence-electron chi connectivity index (χ3n) is 12.9. The lowest BCUT2D eigenvalue weighted by atomic mass is 9.98. The number of carbonyl (C=O) groups excluding carboxylic acids is 6. The van der Waals surface area contributed by atoms with Crippen molar-refractivity contribution >= 4 is 41.3 Å². The SMILES string of the molecule is O=C1CCC(N2C(=O)c3cccc(NC(=O)CCCCCOCCOCCOCCOCCOCCOCCOCCOCCOCCOCCOCCOCCNC(=O)OCC4c5ccccc5-c5ccccc54)c3C2=O)C(=O)N1. The van der Waals surface area contributed by atoms with Crippen molar-refractivity contribution in [3.8, 4) is 11.1 Å². The molecular weight excluding hydrogens is 1060 g/mol. The zero-order valence-corrected chi connectivity index (χ0v) is 46.3. The molecule has 2 aliphatic heterocycles. The Kier molecular flexibility index (Phi) is 30.9. The smallest absolute Gasteiger partial charge is 0.407 e. The number of nitrogens with zero attached hydrogens (tertiary/aromatic N) is 1. The second kappa shape index (κ2) is 38.8. The summed E-state index contributed by atoms with van der Waals surface area (Å²) >= 11 is 0. The van der Waals surface area contributed by atoms with Gasteiger partial charge in [-0.15, -0.1) is 0 Å². The summed E-state index contributed by atoms with van der Waals surface area (Å²) in [7, 11) is 0. The third-order valence-corrected chi connectivity index (χ3v) is 12.9. The van der Waals surface area contributed by atoms with Crippen LogP contribution in [0.2, 0.25) is 0 Å². The second-order valence-corrected chi connectivity index (χ2v) is 18.6. The highest BCUT2D eigenvalue weighted by molar-refractivity contribution is 6.26. The average Bonchev–Trinajstić information content (AvgIpc) is 3.94.